The summed E-state index contributed by atoms with van der Waals surface area (Å²) >= 11 is 0. The van der Waals surface area contributed by atoms with Crippen molar-refractivity contribution >= 4 is 34.2 Å². The number of aryl methyl sites for hydroxylation is 2. The van der Waals surface area contributed by atoms with E-state index >= 15 is 0 Å². The molecule has 1 aromatic heterocycles. The van der Waals surface area contributed by atoms with Gasteiger partial charge in [-0.25, -0.2) is 4.79 Å². The van der Waals surface area contributed by atoms with E-state index in [1.165, 1.54) is 18.2 Å². The zero-order valence-corrected chi connectivity index (χ0v) is 14.6. The lowest BCUT2D eigenvalue weighted by Gasteiger charge is -2.09. The summed E-state index contributed by atoms with van der Waals surface area (Å²) in [6, 6.07) is 11.5. The maximum absolute atomic E-state index is 12.0. The lowest BCUT2D eigenvalue weighted by Crippen LogP contribution is -2.21. The van der Waals surface area contributed by atoms with Crippen LogP contribution in [0.15, 0.2) is 46.9 Å². The van der Waals surface area contributed by atoms with E-state index in [0.29, 0.717) is 5.58 Å². The van der Waals surface area contributed by atoms with Crippen molar-refractivity contribution in [2.24, 2.45) is 0 Å². The smallest absolute Gasteiger partial charge is 0.374 e. The average Bonchev–Trinajstić information content (AvgIpc) is 3.06. The van der Waals surface area contributed by atoms with Gasteiger partial charge in [-0.05, 0) is 43.2 Å². The molecule has 0 spiro atoms. The van der Waals surface area contributed by atoms with E-state index < -0.39 is 23.4 Å². The molecule has 0 saturated heterocycles. The topological polar surface area (TPSA) is 112 Å². The van der Waals surface area contributed by atoms with Gasteiger partial charge < -0.3 is 14.5 Å². The largest absolute Gasteiger partial charge is 0.450 e. The number of benzene rings is 2. The van der Waals surface area contributed by atoms with E-state index in [9.17, 15) is 19.7 Å². The van der Waals surface area contributed by atoms with Crippen LogP contribution in [0.4, 0.5) is 11.4 Å². The lowest BCUT2D eigenvalue weighted by molar-refractivity contribution is -0.384. The predicted molar refractivity (Wildman–Crippen MR) is 97.7 cm³/mol. The van der Waals surface area contributed by atoms with Gasteiger partial charge in [-0.3, -0.25) is 14.9 Å². The third-order valence-corrected chi connectivity index (χ3v) is 4.04. The molecule has 0 radical (unpaired) electrons. The first kappa shape index (κ1) is 18.1. The third kappa shape index (κ3) is 3.95. The number of ether oxygens (including phenoxy) is 1. The van der Waals surface area contributed by atoms with Crippen LogP contribution >= 0.6 is 0 Å². The molecule has 1 amide bonds. The Morgan fingerprint density at radius 3 is 2.56 bits per heavy atom. The van der Waals surface area contributed by atoms with Crippen LogP contribution in [0.3, 0.4) is 0 Å². The SMILES string of the molecule is Cc1cc(NC(=O)COC(=O)c2cc3ccccc3o2)c([N+](=O)[O-])cc1C. The maximum atomic E-state index is 12.0. The molecule has 0 saturated carbocycles. The number of nitrogens with zero attached hydrogens (tertiary/aromatic N) is 1. The van der Waals surface area contributed by atoms with Crippen molar-refractivity contribution in [1.29, 1.82) is 0 Å². The first-order chi connectivity index (χ1) is 12.8. The number of carbonyl (C=O) groups is 2. The van der Waals surface area contributed by atoms with Gasteiger partial charge in [0.05, 0.1) is 4.92 Å². The van der Waals surface area contributed by atoms with Crippen molar-refractivity contribution in [3.05, 3.63) is 69.5 Å². The number of nitro groups is 1. The summed E-state index contributed by atoms with van der Waals surface area (Å²) in [5.41, 5.74) is 1.87. The zero-order chi connectivity index (χ0) is 19.6. The Kier molecular flexibility index (Phi) is 4.89. The molecule has 0 bridgehead atoms. The fourth-order valence-electron chi connectivity index (χ4n) is 2.52. The number of nitro benzene ring substituents is 1. The molecule has 0 unspecified atom stereocenters. The summed E-state index contributed by atoms with van der Waals surface area (Å²) in [6.45, 7) is 2.92. The van der Waals surface area contributed by atoms with Crippen molar-refractivity contribution < 1.29 is 23.7 Å². The van der Waals surface area contributed by atoms with Crippen molar-refractivity contribution in [2.45, 2.75) is 13.8 Å². The minimum Gasteiger partial charge on any atom is -0.450 e. The molecular formula is C19H16N2O6. The van der Waals surface area contributed by atoms with Gasteiger partial charge in [0.15, 0.2) is 6.61 Å². The number of anilines is 1. The molecule has 3 aromatic rings. The van der Waals surface area contributed by atoms with Gasteiger partial charge in [-0.2, -0.15) is 0 Å². The molecule has 1 N–H and O–H groups in total. The minimum atomic E-state index is -0.795. The molecule has 2 aromatic carbocycles. The van der Waals surface area contributed by atoms with Gasteiger partial charge in [0.2, 0.25) is 5.76 Å². The van der Waals surface area contributed by atoms with Crippen LogP contribution in [-0.2, 0) is 9.53 Å². The quantitative estimate of drug-likeness (QED) is 0.417. The van der Waals surface area contributed by atoms with E-state index in [1.807, 2.05) is 0 Å². The zero-order valence-electron chi connectivity index (χ0n) is 14.6. The van der Waals surface area contributed by atoms with Crippen LogP contribution in [-0.4, -0.2) is 23.4 Å². The third-order valence-electron chi connectivity index (χ3n) is 4.04. The van der Waals surface area contributed by atoms with Crippen molar-refractivity contribution in [1.82, 2.24) is 0 Å². The van der Waals surface area contributed by atoms with E-state index in [2.05, 4.69) is 5.32 Å². The first-order valence-electron chi connectivity index (χ1n) is 8.06. The molecule has 0 aliphatic carbocycles. The number of hydrogen-bond donors (Lipinski definition) is 1. The Labute approximate surface area is 153 Å². The van der Waals surface area contributed by atoms with Crippen LogP contribution in [0.25, 0.3) is 11.0 Å². The fraction of sp³-hybridized carbons (Fsp3) is 0.158. The normalized spacial score (nSPS) is 10.6. The minimum absolute atomic E-state index is 0.0267. The Hall–Kier alpha value is -3.68. The lowest BCUT2D eigenvalue weighted by atomic mass is 10.1. The molecule has 0 aliphatic heterocycles. The molecule has 138 valence electrons. The number of carbonyl (C=O) groups excluding carboxylic acids is 2. The molecule has 0 atom stereocenters. The molecule has 0 aliphatic rings. The van der Waals surface area contributed by atoms with E-state index in [4.69, 9.17) is 9.15 Å². The summed E-state index contributed by atoms with van der Waals surface area (Å²) < 4.78 is 10.3. The summed E-state index contributed by atoms with van der Waals surface area (Å²) in [5, 5.41) is 14.3. The second kappa shape index (κ2) is 7.28. The molecule has 1 heterocycles. The van der Waals surface area contributed by atoms with Gasteiger partial charge in [0.1, 0.15) is 11.3 Å². The number of hydrogen-bond acceptors (Lipinski definition) is 6. The van der Waals surface area contributed by atoms with Crippen molar-refractivity contribution in [3.8, 4) is 0 Å². The molecule has 8 heteroatoms. The second-order valence-corrected chi connectivity index (χ2v) is 5.98. The number of nitrogens with one attached hydrogen (secondary N) is 1. The number of para-hydroxylation sites is 1. The van der Waals surface area contributed by atoms with Gasteiger partial charge in [0, 0.05) is 11.5 Å². The average molecular weight is 368 g/mol. The van der Waals surface area contributed by atoms with Crippen LogP contribution in [0, 0.1) is 24.0 Å². The highest BCUT2D eigenvalue weighted by Gasteiger charge is 2.19. The summed E-state index contributed by atoms with van der Waals surface area (Å²) in [6.07, 6.45) is 0. The van der Waals surface area contributed by atoms with Gasteiger partial charge >= 0.3 is 5.97 Å². The molecule has 0 fully saturated rings. The van der Waals surface area contributed by atoms with Crippen LogP contribution in [0.2, 0.25) is 0 Å². The van der Waals surface area contributed by atoms with Crippen LogP contribution in [0.5, 0.6) is 0 Å². The number of fused-ring (bicyclic) bond motifs is 1. The molecular weight excluding hydrogens is 352 g/mol. The van der Waals surface area contributed by atoms with Gasteiger partial charge in [-0.15, -0.1) is 0 Å². The summed E-state index contributed by atoms with van der Waals surface area (Å²) in [7, 11) is 0. The van der Waals surface area contributed by atoms with Crippen LogP contribution in [0.1, 0.15) is 21.7 Å². The predicted octanol–water partition coefficient (Wildman–Crippen LogP) is 3.75. The fourth-order valence-corrected chi connectivity index (χ4v) is 2.52. The highest BCUT2D eigenvalue weighted by atomic mass is 16.6. The maximum Gasteiger partial charge on any atom is 0.374 e. The van der Waals surface area contributed by atoms with Crippen LogP contribution < -0.4 is 5.32 Å². The van der Waals surface area contributed by atoms with E-state index in [0.717, 1.165) is 16.5 Å². The highest BCUT2D eigenvalue weighted by Crippen LogP contribution is 2.28. The summed E-state index contributed by atoms with van der Waals surface area (Å²) in [5.74, 6) is -1.51. The Balaban J connectivity index is 1.67. The molecule has 3 rings (SSSR count). The molecule has 8 nitrogen and oxygen atoms in total. The standard InChI is InChI=1S/C19H16N2O6/c1-11-7-14(15(21(24)25)8-12(11)2)20-18(22)10-26-19(23)17-9-13-5-3-4-6-16(13)27-17/h3-9H,10H2,1-2H3,(H,20,22). The van der Waals surface area contributed by atoms with Gasteiger partial charge in [0.25, 0.3) is 11.6 Å². The van der Waals surface area contributed by atoms with Gasteiger partial charge in [-0.1, -0.05) is 18.2 Å². The molecule has 27 heavy (non-hydrogen) atoms. The first-order valence-corrected chi connectivity index (χ1v) is 8.06. The monoisotopic (exact) mass is 368 g/mol. The Bertz CT molecular complexity index is 1020. The number of amides is 1. The Morgan fingerprint density at radius 2 is 1.85 bits per heavy atom. The second-order valence-electron chi connectivity index (χ2n) is 5.98. The Morgan fingerprint density at radius 1 is 1.15 bits per heavy atom. The van der Waals surface area contributed by atoms with E-state index in [-0.39, 0.29) is 17.1 Å². The van der Waals surface area contributed by atoms with E-state index in [1.54, 1.807) is 38.1 Å². The number of furan rings is 1. The van der Waals surface area contributed by atoms with Crippen molar-refractivity contribution in [3.63, 3.8) is 0 Å². The number of rotatable bonds is 5. The number of esters is 1. The summed E-state index contributed by atoms with van der Waals surface area (Å²) in [4.78, 5) is 34.7. The van der Waals surface area contributed by atoms with Crippen molar-refractivity contribution in [2.75, 3.05) is 11.9 Å². The highest BCUT2D eigenvalue weighted by molar-refractivity contribution is 5.97.